The van der Waals surface area contributed by atoms with Gasteiger partial charge >= 0.3 is 6.03 Å². The zero-order valence-corrected chi connectivity index (χ0v) is 35.9. The van der Waals surface area contributed by atoms with Gasteiger partial charge in [-0.2, -0.15) is 17.7 Å². The first kappa shape index (κ1) is 46.1. The summed E-state index contributed by atoms with van der Waals surface area (Å²) < 4.78 is 28.1. The van der Waals surface area contributed by atoms with Crippen LogP contribution in [0, 0.1) is 6.92 Å². The molecule has 2 aromatic heterocycles. The van der Waals surface area contributed by atoms with Crippen molar-refractivity contribution in [2.75, 3.05) is 87.1 Å². The number of aromatic nitrogens is 3. The highest BCUT2D eigenvalue weighted by atomic mass is 32.2. The number of methoxy groups -OCH3 is 2. The van der Waals surface area contributed by atoms with E-state index in [1.807, 2.05) is 79.7 Å². The maximum atomic E-state index is 13.4. The van der Waals surface area contributed by atoms with Gasteiger partial charge in [0, 0.05) is 54.2 Å². The lowest BCUT2D eigenvalue weighted by Gasteiger charge is -2.15. The van der Waals surface area contributed by atoms with E-state index in [9.17, 15) is 9.59 Å². The maximum Gasteiger partial charge on any atom is 0.324 e. The molecule has 0 aliphatic carbocycles. The second-order valence-corrected chi connectivity index (χ2v) is 15.6. The summed E-state index contributed by atoms with van der Waals surface area (Å²) in [6.45, 7) is 12.3. The lowest BCUT2D eigenvalue weighted by molar-refractivity contribution is -0.113. The zero-order chi connectivity index (χ0) is 41.8. The van der Waals surface area contributed by atoms with E-state index in [0.29, 0.717) is 74.2 Å². The average Bonchev–Trinajstić information content (AvgIpc) is 3.64. The first-order valence-corrected chi connectivity index (χ1v) is 20.8. The summed E-state index contributed by atoms with van der Waals surface area (Å²) in [4.78, 5) is 30.1. The Balaban J connectivity index is 0.000000841. The van der Waals surface area contributed by atoms with E-state index in [2.05, 4.69) is 54.3 Å². The second kappa shape index (κ2) is 24.3. The summed E-state index contributed by atoms with van der Waals surface area (Å²) in [6.07, 6.45) is 1.64. The molecule has 3 aromatic carbocycles. The van der Waals surface area contributed by atoms with Gasteiger partial charge in [0.15, 0.2) is 0 Å². The molecule has 0 saturated heterocycles. The monoisotopic (exact) mass is 832 g/mol. The number of nitrogens with zero attached hydrogens (tertiary/aromatic N) is 3. The fraction of sp³-hybridized carbons (Fsp3) is 0.395. The largest absolute Gasteiger partial charge is 0.488 e. The van der Waals surface area contributed by atoms with Crippen LogP contribution in [0.4, 0.5) is 22.1 Å². The molecule has 0 saturated carbocycles. The van der Waals surface area contributed by atoms with Crippen LogP contribution in [0.2, 0.25) is 0 Å². The molecule has 0 atom stereocenters. The topological polar surface area (TPSA) is 147 Å². The Labute approximate surface area is 351 Å². The van der Waals surface area contributed by atoms with Gasteiger partial charge in [-0.15, -0.1) is 11.8 Å². The molecule has 2 heterocycles. The highest BCUT2D eigenvalue weighted by Crippen LogP contribution is 2.33. The Kier molecular flexibility index (Phi) is 19.3. The first-order valence-electron chi connectivity index (χ1n) is 19.0. The Morgan fingerprint density at radius 3 is 2.21 bits per heavy atom. The minimum absolute atomic E-state index is 0.134. The Morgan fingerprint density at radius 2 is 1.52 bits per heavy atom. The number of thioether (sulfide) groups is 1. The summed E-state index contributed by atoms with van der Waals surface area (Å²) in [5, 5.41) is 15.4. The number of thiol groups is 1. The highest BCUT2D eigenvalue weighted by molar-refractivity contribution is 7.99. The minimum Gasteiger partial charge on any atom is -0.488 e. The molecule has 0 spiro atoms. The van der Waals surface area contributed by atoms with Crippen LogP contribution in [0.5, 0.6) is 5.75 Å². The lowest BCUT2D eigenvalue weighted by Crippen LogP contribution is -2.21. The molecule has 15 heteroatoms. The summed E-state index contributed by atoms with van der Waals surface area (Å²) in [6, 6.07) is 24.6. The van der Waals surface area contributed by atoms with Crippen molar-refractivity contribution in [3.05, 3.63) is 102 Å². The van der Waals surface area contributed by atoms with E-state index in [-0.39, 0.29) is 17.9 Å². The number of benzene rings is 3. The van der Waals surface area contributed by atoms with E-state index in [1.54, 1.807) is 31.2 Å². The van der Waals surface area contributed by atoms with Crippen LogP contribution in [0.1, 0.15) is 37.6 Å². The molecule has 58 heavy (non-hydrogen) atoms. The summed E-state index contributed by atoms with van der Waals surface area (Å²) >= 11 is 5.45. The average molecular weight is 833 g/mol. The maximum absolute atomic E-state index is 13.4. The van der Waals surface area contributed by atoms with Crippen LogP contribution in [0.25, 0.3) is 16.5 Å². The fourth-order valence-electron chi connectivity index (χ4n) is 5.30. The molecule has 5 rings (SSSR count). The van der Waals surface area contributed by atoms with E-state index in [4.69, 9.17) is 28.8 Å². The number of nitrogens with one attached hydrogen (secondary N) is 3. The number of hydrogen-bond acceptors (Lipinski definition) is 11. The molecule has 5 aromatic rings. The van der Waals surface area contributed by atoms with Crippen molar-refractivity contribution < 1.29 is 33.3 Å². The van der Waals surface area contributed by atoms with Crippen molar-refractivity contribution in [1.82, 2.24) is 14.8 Å². The van der Waals surface area contributed by atoms with Gasteiger partial charge in [0.1, 0.15) is 24.0 Å². The standard InChI is InChI=1S/C38H44N6O5S.C5H12O2S/c1-26-10-12-28(13-11-26)44-35(23-33(43-44)38(2,3)4)42-37(46)40-31-14-15-32(30-9-7-6-8-29(30)31)49-24-27-16-17-39-34(22-27)41-36(45)25-50-21-20-48-19-18-47-5;1-6-2-3-7-4-5-8/h6-17,22-23H,18-21,24-25H2,1-5H3,(H,39,41,45)(H2,40,42,46);8H,2-5H2,1H3. The number of pyridine rings is 1. The van der Waals surface area contributed by atoms with Crippen molar-refractivity contribution >= 4 is 64.4 Å². The van der Waals surface area contributed by atoms with E-state index in [1.165, 1.54) is 11.8 Å². The second-order valence-electron chi connectivity index (χ2n) is 14.0. The van der Waals surface area contributed by atoms with Gasteiger partial charge in [-0.3, -0.25) is 10.1 Å². The Morgan fingerprint density at radius 1 is 0.810 bits per heavy atom. The number of anilines is 3. The molecule has 0 radical (unpaired) electrons. The molecular weight excluding hydrogens is 777 g/mol. The molecular formula is C43H56N6O7S2. The van der Waals surface area contributed by atoms with Crippen LogP contribution in [-0.4, -0.2) is 97.8 Å². The molecule has 0 aliphatic heterocycles. The minimum atomic E-state index is -0.391. The number of hydrogen-bond donors (Lipinski definition) is 4. The van der Waals surface area contributed by atoms with Gasteiger partial charge in [0.2, 0.25) is 5.91 Å². The summed E-state index contributed by atoms with van der Waals surface area (Å²) in [7, 11) is 3.29. The summed E-state index contributed by atoms with van der Waals surface area (Å²) in [5.41, 5.74) is 4.13. The Hall–Kier alpha value is -4.64. The van der Waals surface area contributed by atoms with E-state index >= 15 is 0 Å². The van der Waals surface area contributed by atoms with Gasteiger partial charge in [0.25, 0.3) is 0 Å². The van der Waals surface area contributed by atoms with Crippen LogP contribution < -0.4 is 20.7 Å². The van der Waals surface area contributed by atoms with Crippen molar-refractivity contribution in [1.29, 1.82) is 0 Å². The van der Waals surface area contributed by atoms with E-state index in [0.717, 1.165) is 39.0 Å². The van der Waals surface area contributed by atoms with Crippen molar-refractivity contribution in [2.24, 2.45) is 0 Å². The fourth-order valence-corrected chi connectivity index (χ4v) is 6.07. The molecule has 3 amide bonds. The summed E-state index contributed by atoms with van der Waals surface area (Å²) in [5.74, 6) is 3.34. The number of carbonyl (C=O) groups excluding carboxylic acids is 2. The smallest absolute Gasteiger partial charge is 0.324 e. The molecule has 0 aliphatic rings. The number of amides is 3. The normalized spacial score (nSPS) is 11.2. The SMILES string of the molecule is COCCOCCS.COCCOCCSCC(=O)Nc1cc(COc2ccc(NC(=O)Nc3cc(C(C)(C)C)nn3-c3ccc(C)cc3)c3ccccc23)ccn1. The third-order valence-corrected chi connectivity index (χ3v) is 9.42. The number of rotatable bonds is 20. The molecule has 312 valence electrons. The van der Waals surface area contributed by atoms with Crippen LogP contribution in [0.15, 0.2) is 85.1 Å². The van der Waals surface area contributed by atoms with Crippen molar-refractivity contribution in [2.45, 2.75) is 39.7 Å². The molecule has 13 nitrogen and oxygen atoms in total. The van der Waals surface area contributed by atoms with Gasteiger partial charge < -0.3 is 34.3 Å². The van der Waals surface area contributed by atoms with Crippen molar-refractivity contribution in [3.8, 4) is 11.4 Å². The van der Waals surface area contributed by atoms with Gasteiger partial charge in [-0.25, -0.2) is 14.5 Å². The van der Waals surface area contributed by atoms with Crippen LogP contribution in [0.3, 0.4) is 0 Å². The number of fused-ring (bicyclic) bond motifs is 1. The van der Waals surface area contributed by atoms with Crippen molar-refractivity contribution in [3.63, 3.8) is 0 Å². The van der Waals surface area contributed by atoms with Gasteiger partial charge in [0.05, 0.1) is 62.5 Å². The molecule has 0 bridgehead atoms. The quantitative estimate of drug-likeness (QED) is 0.0448. The van der Waals surface area contributed by atoms with Gasteiger partial charge in [-0.05, 0) is 48.9 Å². The third kappa shape index (κ3) is 15.3. The molecule has 0 fully saturated rings. The number of carbonyl (C=O) groups is 2. The number of urea groups is 1. The van der Waals surface area contributed by atoms with Crippen LogP contribution >= 0.6 is 24.4 Å². The third-order valence-electron chi connectivity index (χ3n) is 8.32. The first-order chi connectivity index (χ1) is 28.0. The highest BCUT2D eigenvalue weighted by Gasteiger charge is 2.22. The molecule has 3 N–H and O–H groups in total. The number of aryl methyl sites for hydroxylation is 1. The Bertz CT molecular complexity index is 2020. The zero-order valence-electron chi connectivity index (χ0n) is 34.2. The van der Waals surface area contributed by atoms with Gasteiger partial charge in [-0.1, -0.05) is 62.7 Å². The predicted octanol–water partition coefficient (Wildman–Crippen LogP) is 8.16. The predicted molar refractivity (Wildman–Crippen MR) is 237 cm³/mol. The lowest BCUT2D eigenvalue weighted by atomic mass is 9.92. The van der Waals surface area contributed by atoms with Crippen LogP contribution in [-0.2, 0) is 35.8 Å². The van der Waals surface area contributed by atoms with E-state index < -0.39 is 6.03 Å². The number of ether oxygens (including phenoxy) is 5. The molecule has 0 unspecified atom stereocenters.